The summed E-state index contributed by atoms with van der Waals surface area (Å²) in [6.07, 6.45) is 7.75. The summed E-state index contributed by atoms with van der Waals surface area (Å²) in [5.74, 6) is 0. The molecule has 0 saturated heterocycles. The zero-order valence-corrected chi connectivity index (χ0v) is 16.5. The smallest absolute Gasteiger partial charge is 0.0725 e. The van der Waals surface area contributed by atoms with Gasteiger partial charge < -0.3 is 4.40 Å². The van der Waals surface area contributed by atoms with Crippen LogP contribution in [0.3, 0.4) is 0 Å². The monoisotopic (exact) mass is 393 g/mol. The topological polar surface area (TPSA) is 30.2 Å². The molecule has 0 spiro atoms. The molecule has 0 fully saturated rings. The normalized spacial score (nSPS) is 12.5. The minimum Gasteiger partial charge on any atom is -0.305 e. The molecule has 8 aromatic rings. The van der Waals surface area contributed by atoms with E-state index in [1.54, 1.807) is 0 Å². The molecule has 0 amide bonds. The van der Waals surface area contributed by atoms with Gasteiger partial charge in [0.1, 0.15) is 0 Å². The number of rotatable bonds is 0. The van der Waals surface area contributed by atoms with Crippen molar-refractivity contribution in [3.05, 3.63) is 91.5 Å². The van der Waals surface area contributed by atoms with E-state index < -0.39 is 0 Å². The Labute approximate surface area is 176 Å². The molecular formula is C28H15N3. The Morgan fingerprint density at radius 1 is 0.484 bits per heavy atom. The fourth-order valence-corrected chi connectivity index (χ4v) is 5.69. The molecule has 0 aliphatic heterocycles. The van der Waals surface area contributed by atoms with Crippen LogP contribution in [0.25, 0.3) is 70.4 Å². The second-order valence-corrected chi connectivity index (χ2v) is 8.28. The molecule has 0 N–H and O–H groups in total. The fraction of sp³-hybridized carbons (Fsp3) is 0. The van der Waals surface area contributed by atoms with E-state index in [1.165, 1.54) is 59.4 Å². The fourth-order valence-electron chi connectivity index (χ4n) is 5.69. The van der Waals surface area contributed by atoms with Crippen LogP contribution in [0, 0.1) is 0 Å². The Kier molecular flexibility index (Phi) is 2.65. The third-order valence-electron chi connectivity index (χ3n) is 6.87. The van der Waals surface area contributed by atoms with E-state index in [9.17, 15) is 0 Å². The van der Waals surface area contributed by atoms with Gasteiger partial charge in [-0.3, -0.25) is 9.97 Å². The van der Waals surface area contributed by atoms with Crippen LogP contribution in [0.15, 0.2) is 91.5 Å². The molecule has 4 aromatic heterocycles. The number of benzene rings is 4. The van der Waals surface area contributed by atoms with Gasteiger partial charge in [-0.25, -0.2) is 0 Å². The van der Waals surface area contributed by atoms with Crippen LogP contribution in [0.1, 0.15) is 0 Å². The first-order chi connectivity index (χ1) is 15.4. The van der Waals surface area contributed by atoms with Gasteiger partial charge in [0.25, 0.3) is 0 Å². The van der Waals surface area contributed by atoms with E-state index >= 15 is 0 Å². The summed E-state index contributed by atoms with van der Waals surface area (Å²) < 4.78 is 2.35. The molecule has 3 nitrogen and oxygen atoms in total. The zero-order chi connectivity index (χ0) is 20.1. The lowest BCUT2D eigenvalue weighted by Crippen LogP contribution is -1.84. The SMILES string of the molecule is c1ccc2c(c1)c1ccccc1c1c2cc2c3ccncc3n3c4cnccc4c1c23. The van der Waals surface area contributed by atoms with Crippen LogP contribution in [-0.4, -0.2) is 14.4 Å². The first-order valence-electron chi connectivity index (χ1n) is 10.5. The average Bonchev–Trinajstić information content (AvgIpc) is 3.35. The Morgan fingerprint density at radius 2 is 1.06 bits per heavy atom. The number of pyridine rings is 2. The Morgan fingerprint density at radius 3 is 1.81 bits per heavy atom. The lowest BCUT2D eigenvalue weighted by atomic mass is 9.91. The quantitative estimate of drug-likeness (QED) is 0.258. The lowest BCUT2D eigenvalue weighted by molar-refractivity contribution is 1.27. The zero-order valence-electron chi connectivity index (χ0n) is 16.5. The number of nitrogens with zero attached hydrogens (tertiary/aromatic N) is 3. The lowest BCUT2D eigenvalue weighted by Gasteiger charge is -2.12. The number of hydrogen-bond acceptors (Lipinski definition) is 2. The summed E-state index contributed by atoms with van der Waals surface area (Å²) in [7, 11) is 0. The largest absolute Gasteiger partial charge is 0.305 e. The molecule has 142 valence electrons. The van der Waals surface area contributed by atoms with Crippen LogP contribution >= 0.6 is 0 Å². The van der Waals surface area contributed by atoms with Gasteiger partial charge in [-0.1, -0.05) is 48.5 Å². The minimum atomic E-state index is 1.13. The summed E-state index contributed by atoms with van der Waals surface area (Å²) in [5, 5.41) is 12.9. The van der Waals surface area contributed by atoms with Gasteiger partial charge in [-0.05, 0) is 45.1 Å². The second kappa shape index (κ2) is 5.27. The van der Waals surface area contributed by atoms with Gasteiger partial charge in [0.2, 0.25) is 0 Å². The van der Waals surface area contributed by atoms with Crippen molar-refractivity contribution >= 4 is 70.4 Å². The highest BCUT2D eigenvalue weighted by Crippen LogP contribution is 2.46. The van der Waals surface area contributed by atoms with E-state index in [0.29, 0.717) is 0 Å². The van der Waals surface area contributed by atoms with Crippen LogP contribution in [-0.2, 0) is 0 Å². The van der Waals surface area contributed by atoms with E-state index in [1.807, 2.05) is 24.8 Å². The van der Waals surface area contributed by atoms with Gasteiger partial charge in [0.05, 0.1) is 28.9 Å². The highest BCUT2D eigenvalue weighted by molar-refractivity contribution is 6.39. The predicted octanol–water partition coefficient (Wildman–Crippen LogP) is 7.09. The van der Waals surface area contributed by atoms with Crippen molar-refractivity contribution in [1.29, 1.82) is 0 Å². The van der Waals surface area contributed by atoms with Crippen LogP contribution in [0.5, 0.6) is 0 Å². The summed E-state index contributed by atoms with van der Waals surface area (Å²) in [4.78, 5) is 8.90. The molecule has 0 radical (unpaired) electrons. The van der Waals surface area contributed by atoms with Gasteiger partial charge in [0.15, 0.2) is 0 Å². The maximum absolute atomic E-state index is 4.46. The molecule has 31 heavy (non-hydrogen) atoms. The van der Waals surface area contributed by atoms with Crippen LogP contribution in [0.2, 0.25) is 0 Å². The number of fused-ring (bicyclic) bond motifs is 13. The van der Waals surface area contributed by atoms with Crippen molar-refractivity contribution < 1.29 is 0 Å². The van der Waals surface area contributed by atoms with Gasteiger partial charge >= 0.3 is 0 Å². The third-order valence-corrected chi connectivity index (χ3v) is 6.87. The van der Waals surface area contributed by atoms with Gasteiger partial charge in [-0.15, -0.1) is 0 Å². The molecule has 4 aromatic carbocycles. The first kappa shape index (κ1) is 15.6. The van der Waals surface area contributed by atoms with E-state index in [4.69, 9.17) is 0 Å². The van der Waals surface area contributed by atoms with E-state index in [2.05, 4.69) is 81.1 Å². The molecule has 3 heteroatoms. The number of hydrogen-bond donors (Lipinski definition) is 0. The first-order valence-corrected chi connectivity index (χ1v) is 10.5. The third kappa shape index (κ3) is 1.73. The number of aromatic nitrogens is 3. The maximum Gasteiger partial charge on any atom is 0.0725 e. The second-order valence-electron chi connectivity index (χ2n) is 8.28. The average molecular weight is 393 g/mol. The Bertz CT molecular complexity index is 2000. The van der Waals surface area contributed by atoms with Crippen molar-refractivity contribution in [3.63, 3.8) is 0 Å². The molecule has 8 rings (SSSR count). The summed E-state index contributed by atoms with van der Waals surface area (Å²) in [6.45, 7) is 0. The molecule has 4 heterocycles. The predicted molar refractivity (Wildman–Crippen MR) is 129 cm³/mol. The van der Waals surface area contributed by atoms with Crippen molar-refractivity contribution in [3.8, 4) is 0 Å². The standard InChI is InChI=1S/C28H15N3/c1-2-7-18-16(5-1)17-6-3-4-8-20(17)26-22(18)13-23-19-9-11-29-14-24(19)31-25-15-30-12-10-21(25)27(26)28(23)31/h1-15H. The Balaban J connectivity index is 1.87. The van der Waals surface area contributed by atoms with Crippen LogP contribution < -0.4 is 0 Å². The van der Waals surface area contributed by atoms with Crippen molar-refractivity contribution in [1.82, 2.24) is 14.4 Å². The van der Waals surface area contributed by atoms with Crippen molar-refractivity contribution in [2.24, 2.45) is 0 Å². The molecule has 0 aliphatic carbocycles. The van der Waals surface area contributed by atoms with Crippen molar-refractivity contribution in [2.45, 2.75) is 0 Å². The molecule has 0 saturated carbocycles. The van der Waals surface area contributed by atoms with Crippen LogP contribution in [0.4, 0.5) is 0 Å². The van der Waals surface area contributed by atoms with E-state index in [-0.39, 0.29) is 0 Å². The summed E-state index contributed by atoms with van der Waals surface area (Å²) in [5.41, 5.74) is 3.53. The van der Waals surface area contributed by atoms with E-state index in [0.717, 1.165) is 11.0 Å². The Hall–Kier alpha value is -4.24. The molecule has 0 aliphatic rings. The molecular weight excluding hydrogens is 378 g/mol. The minimum absolute atomic E-state index is 1.13. The van der Waals surface area contributed by atoms with Crippen molar-refractivity contribution in [2.75, 3.05) is 0 Å². The highest BCUT2D eigenvalue weighted by atomic mass is 14.9. The van der Waals surface area contributed by atoms with Gasteiger partial charge in [0, 0.05) is 39.3 Å². The van der Waals surface area contributed by atoms with Gasteiger partial charge in [-0.2, -0.15) is 0 Å². The maximum atomic E-state index is 4.46. The molecule has 0 atom stereocenters. The highest BCUT2D eigenvalue weighted by Gasteiger charge is 2.22. The molecule has 0 unspecified atom stereocenters. The summed E-state index contributed by atoms with van der Waals surface area (Å²) >= 11 is 0. The molecule has 0 bridgehead atoms. The summed E-state index contributed by atoms with van der Waals surface area (Å²) in [6, 6.07) is 24.3.